The lowest BCUT2D eigenvalue weighted by Gasteiger charge is -2.22. The molecule has 0 aromatic heterocycles. The molecule has 2 aromatic rings. The molecular weight excluding hydrogens is 277 g/mol. The van der Waals surface area contributed by atoms with Gasteiger partial charge in [0.05, 0.1) is 0 Å². The lowest BCUT2D eigenvalue weighted by atomic mass is 10.1. The second-order valence-corrected chi connectivity index (χ2v) is 4.79. The molecular formula is C16H15ClFNO. The predicted molar refractivity (Wildman–Crippen MR) is 78.3 cm³/mol. The fraction of sp³-hybridized carbons (Fsp3) is 0.188. The van der Waals surface area contributed by atoms with Crippen molar-refractivity contribution >= 4 is 17.5 Å². The van der Waals surface area contributed by atoms with E-state index in [0.29, 0.717) is 24.5 Å². The molecule has 0 bridgehead atoms. The minimum atomic E-state index is -0.353. The highest BCUT2D eigenvalue weighted by Crippen LogP contribution is 2.11. The highest BCUT2D eigenvalue weighted by molar-refractivity contribution is 6.18. The maximum Gasteiger partial charge on any atom is 0.254 e. The first-order valence-electron chi connectivity index (χ1n) is 6.35. The summed E-state index contributed by atoms with van der Waals surface area (Å²) in [5, 5.41) is 0. The summed E-state index contributed by atoms with van der Waals surface area (Å²) in [5.41, 5.74) is 1.50. The highest BCUT2D eigenvalue weighted by Gasteiger charge is 2.15. The molecule has 104 valence electrons. The molecule has 1 amide bonds. The molecule has 0 spiro atoms. The number of rotatable bonds is 5. The zero-order valence-corrected chi connectivity index (χ0v) is 11.7. The summed E-state index contributed by atoms with van der Waals surface area (Å²) in [7, 11) is 0. The molecule has 0 aliphatic carbocycles. The molecule has 0 heterocycles. The summed E-state index contributed by atoms with van der Waals surface area (Å²) < 4.78 is 12.9. The lowest BCUT2D eigenvalue weighted by Crippen LogP contribution is -2.32. The Balaban J connectivity index is 2.15. The summed E-state index contributed by atoms with van der Waals surface area (Å²) in [6.45, 7) is 0.941. The van der Waals surface area contributed by atoms with E-state index < -0.39 is 0 Å². The Kier molecular flexibility index (Phi) is 5.13. The number of alkyl halides is 1. The number of benzene rings is 2. The van der Waals surface area contributed by atoms with Crippen molar-refractivity contribution in [3.05, 3.63) is 71.5 Å². The minimum Gasteiger partial charge on any atom is -0.333 e. The number of carbonyl (C=O) groups excluding carboxylic acids is 1. The van der Waals surface area contributed by atoms with Crippen molar-refractivity contribution in [2.75, 3.05) is 12.4 Å². The van der Waals surface area contributed by atoms with E-state index in [4.69, 9.17) is 11.6 Å². The van der Waals surface area contributed by atoms with Crippen molar-refractivity contribution in [2.24, 2.45) is 0 Å². The molecule has 0 aliphatic heterocycles. The molecule has 0 aliphatic rings. The van der Waals surface area contributed by atoms with Crippen LogP contribution in [0.5, 0.6) is 0 Å². The first-order chi connectivity index (χ1) is 9.70. The van der Waals surface area contributed by atoms with Crippen LogP contribution in [0.3, 0.4) is 0 Å². The van der Waals surface area contributed by atoms with Crippen LogP contribution in [0.15, 0.2) is 54.6 Å². The zero-order chi connectivity index (χ0) is 14.4. The molecule has 0 saturated heterocycles. The van der Waals surface area contributed by atoms with E-state index in [1.54, 1.807) is 4.90 Å². The van der Waals surface area contributed by atoms with E-state index >= 15 is 0 Å². The van der Waals surface area contributed by atoms with Gasteiger partial charge >= 0.3 is 0 Å². The largest absolute Gasteiger partial charge is 0.333 e. The topological polar surface area (TPSA) is 20.3 Å². The minimum absolute atomic E-state index is 0.144. The SMILES string of the molecule is O=C(c1ccc(F)cc1)N(CCCl)Cc1ccccc1. The van der Waals surface area contributed by atoms with Gasteiger partial charge in [-0.15, -0.1) is 11.6 Å². The Morgan fingerprint density at radius 1 is 1.05 bits per heavy atom. The average Bonchev–Trinajstić information content (AvgIpc) is 2.48. The molecule has 0 unspecified atom stereocenters. The van der Waals surface area contributed by atoms with Gasteiger partial charge in [-0.05, 0) is 29.8 Å². The maximum absolute atomic E-state index is 12.9. The highest BCUT2D eigenvalue weighted by atomic mass is 35.5. The molecule has 2 aromatic carbocycles. The van der Waals surface area contributed by atoms with Crippen molar-refractivity contribution in [1.29, 1.82) is 0 Å². The van der Waals surface area contributed by atoms with Gasteiger partial charge in [0.2, 0.25) is 0 Å². The number of halogens is 2. The Morgan fingerprint density at radius 3 is 2.30 bits per heavy atom. The van der Waals surface area contributed by atoms with Crippen LogP contribution in [-0.2, 0) is 6.54 Å². The third-order valence-electron chi connectivity index (χ3n) is 2.95. The summed E-state index contributed by atoms with van der Waals surface area (Å²) in [5.74, 6) is -0.136. The van der Waals surface area contributed by atoms with Gasteiger partial charge in [0.15, 0.2) is 0 Å². The van der Waals surface area contributed by atoms with Crippen molar-refractivity contribution in [2.45, 2.75) is 6.54 Å². The van der Waals surface area contributed by atoms with E-state index in [1.807, 2.05) is 30.3 Å². The molecule has 0 N–H and O–H groups in total. The van der Waals surface area contributed by atoms with Gasteiger partial charge in [-0.3, -0.25) is 4.79 Å². The number of carbonyl (C=O) groups is 1. The number of hydrogen-bond acceptors (Lipinski definition) is 1. The van der Waals surface area contributed by atoms with Gasteiger partial charge in [-0.2, -0.15) is 0 Å². The second-order valence-electron chi connectivity index (χ2n) is 4.41. The van der Waals surface area contributed by atoms with E-state index in [-0.39, 0.29) is 11.7 Å². The fourth-order valence-corrected chi connectivity index (χ4v) is 2.14. The van der Waals surface area contributed by atoms with Crippen LogP contribution in [0.4, 0.5) is 4.39 Å². The zero-order valence-electron chi connectivity index (χ0n) is 10.9. The lowest BCUT2D eigenvalue weighted by molar-refractivity contribution is 0.0753. The molecule has 0 fully saturated rings. The Labute approximate surface area is 122 Å². The van der Waals surface area contributed by atoms with Crippen molar-refractivity contribution in [1.82, 2.24) is 4.90 Å². The molecule has 2 rings (SSSR count). The van der Waals surface area contributed by atoms with E-state index in [2.05, 4.69) is 0 Å². The third kappa shape index (κ3) is 3.81. The number of amides is 1. The molecule has 0 atom stereocenters. The molecule has 2 nitrogen and oxygen atoms in total. The van der Waals surface area contributed by atoms with Crippen LogP contribution in [-0.4, -0.2) is 23.2 Å². The third-order valence-corrected chi connectivity index (χ3v) is 3.12. The van der Waals surface area contributed by atoms with Gasteiger partial charge in [0.25, 0.3) is 5.91 Å². The maximum atomic E-state index is 12.9. The van der Waals surface area contributed by atoms with Gasteiger partial charge in [-0.1, -0.05) is 30.3 Å². The normalized spacial score (nSPS) is 10.3. The van der Waals surface area contributed by atoms with Crippen LogP contribution in [0.2, 0.25) is 0 Å². The molecule has 4 heteroatoms. The molecule has 0 radical (unpaired) electrons. The molecule has 0 saturated carbocycles. The smallest absolute Gasteiger partial charge is 0.254 e. The summed E-state index contributed by atoms with van der Waals surface area (Å²) in [6, 6.07) is 15.2. The number of hydrogen-bond donors (Lipinski definition) is 0. The Hall–Kier alpha value is -1.87. The molecule has 20 heavy (non-hydrogen) atoms. The first kappa shape index (κ1) is 14.5. The van der Waals surface area contributed by atoms with Crippen LogP contribution >= 0.6 is 11.6 Å². The van der Waals surface area contributed by atoms with Gasteiger partial charge < -0.3 is 4.90 Å². The summed E-state index contributed by atoms with van der Waals surface area (Å²) in [6.07, 6.45) is 0. The fourth-order valence-electron chi connectivity index (χ4n) is 1.93. The first-order valence-corrected chi connectivity index (χ1v) is 6.89. The van der Waals surface area contributed by atoms with Crippen molar-refractivity contribution in [3.8, 4) is 0 Å². The van der Waals surface area contributed by atoms with Gasteiger partial charge in [-0.25, -0.2) is 4.39 Å². The standard InChI is InChI=1S/C16H15ClFNO/c17-10-11-19(12-13-4-2-1-3-5-13)16(20)14-6-8-15(18)9-7-14/h1-9H,10-12H2. The monoisotopic (exact) mass is 291 g/mol. The van der Waals surface area contributed by atoms with Gasteiger partial charge in [0.1, 0.15) is 5.82 Å². The van der Waals surface area contributed by atoms with E-state index in [0.717, 1.165) is 5.56 Å². The second kappa shape index (κ2) is 7.06. The summed E-state index contributed by atoms with van der Waals surface area (Å²) in [4.78, 5) is 14.1. The van der Waals surface area contributed by atoms with Crippen molar-refractivity contribution in [3.63, 3.8) is 0 Å². The van der Waals surface area contributed by atoms with Crippen molar-refractivity contribution < 1.29 is 9.18 Å². The van der Waals surface area contributed by atoms with Crippen LogP contribution in [0.1, 0.15) is 15.9 Å². The average molecular weight is 292 g/mol. The Bertz CT molecular complexity index is 556. The number of nitrogens with zero attached hydrogens (tertiary/aromatic N) is 1. The van der Waals surface area contributed by atoms with E-state index in [1.165, 1.54) is 24.3 Å². The van der Waals surface area contributed by atoms with Gasteiger partial charge in [0, 0.05) is 24.5 Å². The predicted octanol–water partition coefficient (Wildman–Crippen LogP) is 3.71. The van der Waals surface area contributed by atoms with Crippen LogP contribution < -0.4 is 0 Å². The van der Waals surface area contributed by atoms with E-state index in [9.17, 15) is 9.18 Å². The van der Waals surface area contributed by atoms with Crippen LogP contribution in [0, 0.1) is 5.82 Å². The van der Waals surface area contributed by atoms with Crippen LogP contribution in [0.25, 0.3) is 0 Å². The quantitative estimate of drug-likeness (QED) is 0.769. The Morgan fingerprint density at radius 2 is 1.70 bits per heavy atom. The summed E-state index contributed by atoms with van der Waals surface area (Å²) >= 11 is 5.77.